The molecule has 0 atom stereocenters. The zero-order valence-corrected chi connectivity index (χ0v) is 16.8. The lowest BCUT2D eigenvalue weighted by Crippen LogP contribution is -1.99. The van der Waals surface area contributed by atoms with Crippen LogP contribution in [0, 0.1) is 0 Å². The lowest BCUT2D eigenvalue weighted by molar-refractivity contribution is 0.415. The molecule has 0 aliphatic rings. The molecule has 6 heteroatoms. The number of ether oxygens (including phenoxy) is 2. The van der Waals surface area contributed by atoms with Crippen molar-refractivity contribution in [1.29, 1.82) is 0 Å². The van der Waals surface area contributed by atoms with Crippen LogP contribution >= 0.6 is 0 Å². The molecule has 0 fully saturated rings. The maximum absolute atomic E-state index is 6.03. The zero-order valence-electron chi connectivity index (χ0n) is 16.8. The van der Waals surface area contributed by atoms with Crippen molar-refractivity contribution in [2.45, 2.75) is 0 Å². The fraction of sp³-hybridized carbons (Fsp3) is 0.0833. The van der Waals surface area contributed by atoms with Gasteiger partial charge in [-0.3, -0.25) is 0 Å². The molecule has 4 aromatic rings. The lowest BCUT2D eigenvalue weighted by atomic mass is 10.0. The number of nitrogen functional groups attached to an aromatic ring is 1. The van der Waals surface area contributed by atoms with Gasteiger partial charge >= 0.3 is 0 Å². The van der Waals surface area contributed by atoms with Crippen LogP contribution in [0.4, 0.5) is 17.3 Å². The largest absolute Gasteiger partial charge is 0.497 e. The zero-order chi connectivity index (χ0) is 20.9. The number of hydrogen-bond acceptors (Lipinski definition) is 6. The number of aromatic nitrogens is 2. The second-order valence-corrected chi connectivity index (χ2v) is 6.66. The highest BCUT2D eigenvalue weighted by atomic mass is 16.5. The number of anilines is 3. The molecule has 150 valence electrons. The van der Waals surface area contributed by atoms with Gasteiger partial charge in [-0.05, 0) is 59.7 Å². The van der Waals surface area contributed by atoms with Crippen LogP contribution < -0.4 is 20.5 Å². The standard InChI is InChI=1S/C24H22N4O2/c1-29-20-8-4-6-17(14-20)16-5-3-7-19(13-16)27-24-26-12-11-22(28-24)18-9-10-23(30-2)21(25)15-18/h3-15H,25H2,1-2H3,(H,26,27,28). The summed E-state index contributed by atoms with van der Waals surface area (Å²) < 4.78 is 10.6. The molecule has 3 N–H and O–H groups in total. The van der Waals surface area contributed by atoms with E-state index >= 15 is 0 Å². The molecule has 3 aromatic carbocycles. The lowest BCUT2D eigenvalue weighted by Gasteiger charge is -2.10. The smallest absolute Gasteiger partial charge is 0.227 e. The van der Waals surface area contributed by atoms with Crippen LogP contribution in [0.3, 0.4) is 0 Å². The quantitative estimate of drug-likeness (QED) is 0.437. The molecule has 1 aromatic heterocycles. The Hall–Kier alpha value is -4.06. The molecule has 0 saturated heterocycles. The van der Waals surface area contributed by atoms with Crippen molar-refractivity contribution in [3.8, 4) is 33.9 Å². The molecule has 0 bridgehead atoms. The summed E-state index contributed by atoms with van der Waals surface area (Å²) in [7, 11) is 3.26. The maximum atomic E-state index is 6.03. The first-order chi connectivity index (χ1) is 14.7. The van der Waals surface area contributed by atoms with E-state index in [4.69, 9.17) is 15.2 Å². The van der Waals surface area contributed by atoms with E-state index in [-0.39, 0.29) is 0 Å². The van der Waals surface area contributed by atoms with Gasteiger partial charge < -0.3 is 20.5 Å². The summed E-state index contributed by atoms with van der Waals surface area (Å²) in [5, 5.41) is 3.28. The molecule has 30 heavy (non-hydrogen) atoms. The highest BCUT2D eigenvalue weighted by molar-refractivity contribution is 5.72. The van der Waals surface area contributed by atoms with Crippen LogP contribution in [0.2, 0.25) is 0 Å². The number of rotatable bonds is 6. The van der Waals surface area contributed by atoms with Crippen molar-refractivity contribution in [2.24, 2.45) is 0 Å². The van der Waals surface area contributed by atoms with Gasteiger partial charge in [-0.15, -0.1) is 0 Å². The second kappa shape index (κ2) is 8.53. The van der Waals surface area contributed by atoms with E-state index in [9.17, 15) is 0 Å². The van der Waals surface area contributed by atoms with Gasteiger partial charge in [-0.1, -0.05) is 24.3 Å². The molecule has 1 heterocycles. The monoisotopic (exact) mass is 398 g/mol. The van der Waals surface area contributed by atoms with Crippen molar-refractivity contribution >= 4 is 17.3 Å². The third-order valence-electron chi connectivity index (χ3n) is 4.70. The van der Waals surface area contributed by atoms with E-state index in [0.717, 1.165) is 33.8 Å². The van der Waals surface area contributed by atoms with E-state index < -0.39 is 0 Å². The third kappa shape index (κ3) is 4.17. The Morgan fingerprint density at radius 2 is 1.60 bits per heavy atom. The molecule has 0 spiro atoms. The number of nitrogens with two attached hydrogens (primary N) is 1. The Balaban J connectivity index is 1.59. The molecule has 0 aliphatic carbocycles. The van der Waals surface area contributed by atoms with Gasteiger partial charge in [0.2, 0.25) is 5.95 Å². The van der Waals surface area contributed by atoms with Crippen molar-refractivity contribution in [2.75, 3.05) is 25.3 Å². The molecular formula is C24H22N4O2. The van der Waals surface area contributed by atoms with Crippen LogP contribution in [0.1, 0.15) is 0 Å². The van der Waals surface area contributed by atoms with Crippen molar-refractivity contribution in [3.05, 3.63) is 79.0 Å². The summed E-state index contributed by atoms with van der Waals surface area (Å²) in [4.78, 5) is 8.97. The van der Waals surface area contributed by atoms with Gasteiger partial charge in [-0.25, -0.2) is 9.97 Å². The maximum Gasteiger partial charge on any atom is 0.227 e. The normalized spacial score (nSPS) is 10.5. The number of nitrogens with one attached hydrogen (secondary N) is 1. The highest BCUT2D eigenvalue weighted by Gasteiger charge is 2.07. The third-order valence-corrected chi connectivity index (χ3v) is 4.70. The Morgan fingerprint density at radius 1 is 0.800 bits per heavy atom. The van der Waals surface area contributed by atoms with E-state index in [1.54, 1.807) is 20.4 Å². The molecule has 0 unspecified atom stereocenters. The van der Waals surface area contributed by atoms with Crippen LogP contribution in [-0.2, 0) is 0 Å². The van der Waals surface area contributed by atoms with Crippen LogP contribution in [-0.4, -0.2) is 24.2 Å². The minimum absolute atomic E-state index is 0.504. The first kappa shape index (κ1) is 19.3. The molecule has 4 rings (SSSR count). The van der Waals surface area contributed by atoms with Gasteiger partial charge in [0, 0.05) is 17.4 Å². The fourth-order valence-corrected chi connectivity index (χ4v) is 3.18. The number of benzene rings is 3. The topological polar surface area (TPSA) is 82.3 Å². The minimum atomic E-state index is 0.504. The fourth-order valence-electron chi connectivity index (χ4n) is 3.18. The second-order valence-electron chi connectivity index (χ2n) is 6.66. The number of methoxy groups -OCH3 is 2. The summed E-state index contributed by atoms with van der Waals surface area (Å²) in [6, 6.07) is 23.5. The average Bonchev–Trinajstić information content (AvgIpc) is 2.79. The first-order valence-corrected chi connectivity index (χ1v) is 9.45. The Bertz CT molecular complexity index is 1180. The van der Waals surface area contributed by atoms with Gasteiger partial charge in [0.25, 0.3) is 0 Å². The summed E-state index contributed by atoms with van der Waals surface area (Å²) in [5.41, 5.74) is 11.3. The Labute approximate surface area is 175 Å². The van der Waals surface area contributed by atoms with E-state index in [0.29, 0.717) is 17.4 Å². The van der Waals surface area contributed by atoms with Crippen LogP contribution in [0.15, 0.2) is 79.0 Å². The molecular weight excluding hydrogens is 376 g/mol. The predicted molar refractivity (Wildman–Crippen MR) is 120 cm³/mol. The SMILES string of the molecule is COc1cccc(-c2cccc(Nc3nccc(-c4ccc(OC)c(N)c4)n3)c2)c1. The summed E-state index contributed by atoms with van der Waals surface area (Å²) in [6.07, 6.45) is 1.72. The molecule has 0 radical (unpaired) electrons. The average molecular weight is 398 g/mol. The van der Waals surface area contributed by atoms with E-state index in [1.807, 2.05) is 60.7 Å². The summed E-state index contributed by atoms with van der Waals surface area (Å²) >= 11 is 0. The number of nitrogens with zero attached hydrogens (tertiary/aromatic N) is 2. The summed E-state index contributed by atoms with van der Waals surface area (Å²) in [6.45, 7) is 0. The molecule has 0 saturated carbocycles. The highest BCUT2D eigenvalue weighted by Crippen LogP contribution is 2.29. The first-order valence-electron chi connectivity index (χ1n) is 9.45. The summed E-state index contributed by atoms with van der Waals surface area (Å²) in [5.74, 6) is 1.96. The van der Waals surface area contributed by atoms with Crippen LogP contribution in [0.25, 0.3) is 22.4 Å². The van der Waals surface area contributed by atoms with Gasteiger partial charge in [0.1, 0.15) is 11.5 Å². The van der Waals surface area contributed by atoms with Crippen molar-refractivity contribution in [3.63, 3.8) is 0 Å². The molecule has 0 aliphatic heterocycles. The van der Waals surface area contributed by atoms with Gasteiger partial charge in [0.15, 0.2) is 0 Å². The predicted octanol–water partition coefficient (Wildman–Crippen LogP) is 5.15. The van der Waals surface area contributed by atoms with Crippen molar-refractivity contribution < 1.29 is 9.47 Å². The van der Waals surface area contributed by atoms with E-state index in [2.05, 4.69) is 27.4 Å². The Morgan fingerprint density at radius 3 is 2.37 bits per heavy atom. The van der Waals surface area contributed by atoms with Gasteiger partial charge in [0.05, 0.1) is 25.6 Å². The van der Waals surface area contributed by atoms with Gasteiger partial charge in [-0.2, -0.15) is 0 Å². The minimum Gasteiger partial charge on any atom is -0.497 e. The number of hydrogen-bond donors (Lipinski definition) is 2. The molecule has 6 nitrogen and oxygen atoms in total. The van der Waals surface area contributed by atoms with E-state index in [1.165, 1.54) is 0 Å². The molecule has 0 amide bonds. The van der Waals surface area contributed by atoms with Crippen molar-refractivity contribution in [1.82, 2.24) is 9.97 Å². The van der Waals surface area contributed by atoms with Crippen LogP contribution in [0.5, 0.6) is 11.5 Å². The Kier molecular flexibility index (Phi) is 5.48.